The van der Waals surface area contributed by atoms with Crippen LogP contribution in [0.1, 0.15) is 24.5 Å². The third-order valence-corrected chi connectivity index (χ3v) is 8.87. The number of hydrogen-bond donors (Lipinski definition) is 1. The summed E-state index contributed by atoms with van der Waals surface area (Å²) < 4.78 is 56.4. The van der Waals surface area contributed by atoms with Crippen LogP contribution >= 0.6 is 0 Å². The predicted molar refractivity (Wildman–Crippen MR) is 149 cm³/mol. The van der Waals surface area contributed by atoms with E-state index in [4.69, 9.17) is 7.85 Å². The van der Waals surface area contributed by atoms with Crippen molar-refractivity contribution in [3.8, 4) is 0 Å². The molecule has 0 spiro atoms. The number of halogens is 2. The van der Waals surface area contributed by atoms with Gasteiger partial charge in [-0.15, -0.1) is 0 Å². The largest absolute Gasteiger partial charge is 0.352 e. The lowest BCUT2D eigenvalue weighted by Gasteiger charge is -2.40. The van der Waals surface area contributed by atoms with Gasteiger partial charge in [-0.25, -0.2) is 37.1 Å². The quantitative estimate of drug-likeness (QED) is 0.316. The molecule has 0 saturated carbocycles. The summed E-state index contributed by atoms with van der Waals surface area (Å²) in [6.07, 6.45) is 4.08. The van der Waals surface area contributed by atoms with E-state index in [0.29, 0.717) is 28.0 Å². The Hall–Kier alpha value is -4.04. The molecule has 0 aliphatic carbocycles. The fraction of sp³-hybridized carbons (Fsp3) is 0.296. The molecule has 1 aliphatic rings. The van der Waals surface area contributed by atoms with Crippen molar-refractivity contribution in [2.75, 3.05) is 24.5 Å². The normalized spacial score (nSPS) is 16.6. The number of carbonyl (C=O) groups excluding carboxylic acids is 1. The molecule has 10 nitrogen and oxygen atoms in total. The number of alkyl halides is 2. The summed E-state index contributed by atoms with van der Waals surface area (Å²) >= 11 is 0. The Balaban J connectivity index is 1.40. The minimum absolute atomic E-state index is 0.00488. The van der Waals surface area contributed by atoms with Gasteiger partial charge in [0.25, 0.3) is 5.92 Å². The SMILES string of the molecule is [B]c1ccc(S(=O)(=O)N2CCN(c3cnc4cncnc4n3)C[C@@H]2C(=O)NCc2ccc(C(F)(F)CC)cc2)cc1. The van der Waals surface area contributed by atoms with E-state index in [1.54, 1.807) is 4.90 Å². The van der Waals surface area contributed by atoms with Crippen LogP contribution in [-0.2, 0) is 27.3 Å². The first-order valence-corrected chi connectivity index (χ1v) is 14.3. The number of piperazine rings is 1. The van der Waals surface area contributed by atoms with E-state index in [-0.39, 0.29) is 43.1 Å². The van der Waals surface area contributed by atoms with Crippen molar-refractivity contribution in [2.45, 2.75) is 36.7 Å². The Bertz CT molecular complexity index is 1660. The molecule has 3 heterocycles. The Morgan fingerprint density at radius 2 is 1.80 bits per heavy atom. The highest BCUT2D eigenvalue weighted by molar-refractivity contribution is 7.89. The maximum Gasteiger partial charge on any atom is 0.273 e. The van der Waals surface area contributed by atoms with Gasteiger partial charge in [-0.05, 0) is 17.7 Å². The zero-order valence-electron chi connectivity index (χ0n) is 22.1. The van der Waals surface area contributed by atoms with Crippen LogP contribution < -0.4 is 15.7 Å². The molecule has 14 heteroatoms. The summed E-state index contributed by atoms with van der Waals surface area (Å²) in [4.78, 5) is 32.2. The number of nitrogens with one attached hydrogen (secondary N) is 1. The molecule has 1 fully saturated rings. The second-order valence-corrected chi connectivity index (χ2v) is 11.5. The zero-order valence-corrected chi connectivity index (χ0v) is 22.9. The van der Waals surface area contributed by atoms with Crippen molar-refractivity contribution in [2.24, 2.45) is 0 Å². The first kappa shape index (κ1) is 28.5. The van der Waals surface area contributed by atoms with E-state index in [1.165, 1.54) is 74.2 Å². The highest BCUT2D eigenvalue weighted by Crippen LogP contribution is 2.31. The third-order valence-electron chi connectivity index (χ3n) is 6.94. The molecule has 2 aromatic carbocycles. The van der Waals surface area contributed by atoms with E-state index in [0.717, 1.165) is 4.31 Å². The number of aromatic nitrogens is 4. The van der Waals surface area contributed by atoms with Crippen molar-refractivity contribution in [3.05, 3.63) is 78.4 Å². The van der Waals surface area contributed by atoms with E-state index in [9.17, 15) is 22.0 Å². The Labute approximate surface area is 237 Å². The van der Waals surface area contributed by atoms with E-state index in [1.807, 2.05) is 0 Å². The van der Waals surface area contributed by atoms with Crippen LogP contribution in [0.25, 0.3) is 11.2 Å². The highest BCUT2D eigenvalue weighted by Gasteiger charge is 2.40. The molecule has 1 amide bonds. The highest BCUT2D eigenvalue weighted by atomic mass is 32.2. The molecule has 2 aromatic heterocycles. The third kappa shape index (κ3) is 6.03. The van der Waals surface area contributed by atoms with Crippen molar-refractivity contribution in [1.82, 2.24) is 29.6 Å². The summed E-state index contributed by atoms with van der Waals surface area (Å²) in [7, 11) is 1.67. The average molecular weight is 577 g/mol. The maximum absolute atomic E-state index is 14.0. The van der Waals surface area contributed by atoms with Gasteiger partial charge in [-0.2, -0.15) is 4.31 Å². The minimum atomic E-state index is -4.07. The number of anilines is 1. The number of benzene rings is 2. The summed E-state index contributed by atoms with van der Waals surface area (Å²) in [5, 5.41) is 2.77. The lowest BCUT2D eigenvalue weighted by molar-refractivity contribution is -0.125. The van der Waals surface area contributed by atoms with Crippen LogP contribution in [0.2, 0.25) is 0 Å². The lowest BCUT2D eigenvalue weighted by Crippen LogP contribution is -2.60. The van der Waals surface area contributed by atoms with Crippen molar-refractivity contribution < 1.29 is 22.0 Å². The van der Waals surface area contributed by atoms with Gasteiger partial charge in [0, 0.05) is 38.2 Å². The van der Waals surface area contributed by atoms with Crippen LogP contribution in [0.5, 0.6) is 0 Å². The summed E-state index contributed by atoms with van der Waals surface area (Å²) in [6.45, 7) is 1.66. The molecular weight excluding hydrogens is 551 g/mol. The summed E-state index contributed by atoms with van der Waals surface area (Å²) in [6, 6.07) is 10.3. The van der Waals surface area contributed by atoms with Crippen molar-refractivity contribution in [3.63, 3.8) is 0 Å². The fourth-order valence-corrected chi connectivity index (χ4v) is 6.11. The van der Waals surface area contributed by atoms with E-state index in [2.05, 4.69) is 25.3 Å². The smallest absolute Gasteiger partial charge is 0.273 e. The van der Waals surface area contributed by atoms with Crippen LogP contribution in [0.4, 0.5) is 14.6 Å². The molecule has 1 atom stereocenters. The molecule has 1 N–H and O–H groups in total. The average Bonchev–Trinajstić information content (AvgIpc) is 2.99. The zero-order chi connectivity index (χ0) is 29.2. The van der Waals surface area contributed by atoms with Gasteiger partial charge in [0.05, 0.1) is 17.3 Å². The molecule has 0 unspecified atom stereocenters. The standard InChI is InChI=1S/C27H26BF2N7O3S/c1-2-27(29,30)19-5-3-18(4-6-19)13-33-26(38)23-16-36(24-15-32-22-14-31-17-34-25(22)35-24)11-12-37(23)41(39,40)21-9-7-20(28)8-10-21/h3-10,14-15,17,23H,2,11-13,16H2,1H3,(H,33,38)/t23-/m1/s1. The molecule has 0 bridgehead atoms. The molecule has 2 radical (unpaired) electrons. The molecule has 1 saturated heterocycles. The van der Waals surface area contributed by atoms with Gasteiger partial charge in [-0.3, -0.25) is 4.79 Å². The monoisotopic (exact) mass is 577 g/mol. The molecule has 41 heavy (non-hydrogen) atoms. The van der Waals surface area contributed by atoms with Gasteiger partial charge in [0.15, 0.2) is 5.65 Å². The number of carbonyl (C=O) groups is 1. The number of hydrogen-bond acceptors (Lipinski definition) is 8. The second-order valence-electron chi connectivity index (χ2n) is 9.58. The van der Waals surface area contributed by atoms with Crippen molar-refractivity contribution in [1.29, 1.82) is 0 Å². The van der Waals surface area contributed by atoms with Gasteiger partial charge in [0.2, 0.25) is 15.9 Å². The maximum atomic E-state index is 14.0. The first-order chi connectivity index (χ1) is 19.6. The number of sulfonamides is 1. The Morgan fingerprint density at radius 1 is 1.07 bits per heavy atom. The number of nitrogens with zero attached hydrogens (tertiary/aromatic N) is 6. The van der Waals surface area contributed by atoms with Gasteiger partial charge < -0.3 is 10.2 Å². The Morgan fingerprint density at radius 3 is 2.51 bits per heavy atom. The number of amides is 1. The van der Waals surface area contributed by atoms with Crippen LogP contribution in [-0.4, -0.2) is 72.1 Å². The van der Waals surface area contributed by atoms with Crippen molar-refractivity contribution >= 4 is 46.2 Å². The van der Waals surface area contributed by atoms with E-state index >= 15 is 0 Å². The molecule has 210 valence electrons. The summed E-state index contributed by atoms with van der Waals surface area (Å²) in [5.74, 6) is -3.05. The lowest BCUT2D eigenvalue weighted by atomic mass is 9.97. The van der Waals surface area contributed by atoms with E-state index < -0.39 is 27.9 Å². The predicted octanol–water partition coefficient (Wildman–Crippen LogP) is 1.91. The summed E-state index contributed by atoms with van der Waals surface area (Å²) in [5.41, 5.74) is 1.75. The number of fused-ring (bicyclic) bond motifs is 1. The second kappa shape index (κ2) is 11.5. The molecule has 5 rings (SSSR count). The Kier molecular flexibility index (Phi) is 7.96. The van der Waals surface area contributed by atoms with Crippen LogP contribution in [0.15, 0.2) is 72.1 Å². The number of rotatable bonds is 8. The molecule has 1 aliphatic heterocycles. The van der Waals surface area contributed by atoms with Crippen LogP contribution in [0, 0.1) is 0 Å². The van der Waals surface area contributed by atoms with Crippen LogP contribution in [0.3, 0.4) is 0 Å². The van der Waals surface area contributed by atoms with Gasteiger partial charge in [0.1, 0.15) is 31.5 Å². The first-order valence-electron chi connectivity index (χ1n) is 12.9. The molecule has 4 aromatic rings. The fourth-order valence-electron chi connectivity index (χ4n) is 4.54. The molecular formula is C27H26BF2N7O3S. The topological polar surface area (TPSA) is 121 Å². The minimum Gasteiger partial charge on any atom is -0.352 e. The van der Waals surface area contributed by atoms with Gasteiger partial charge >= 0.3 is 0 Å². The van der Waals surface area contributed by atoms with Gasteiger partial charge in [-0.1, -0.05) is 48.8 Å².